The molecule has 174 valence electrons. The Bertz CT molecular complexity index is 1420. The van der Waals surface area contributed by atoms with E-state index < -0.39 is 20.2 Å². The highest BCUT2D eigenvalue weighted by Crippen LogP contribution is 2.24. The molecule has 0 amide bonds. The minimum atomic E-state index is -4.13. The lowest BCUT2D eigenvalue weighted by molar-refractivity contribution is -0.0980. The Morgan fingerprint density at radius 2 is 1.12 bits per heavy atom. The van der Waals surface area contributed by atoms with Gasteiger partial charge in [0.2, 0.25) is 0 Å². The van der Waals surface area contributed by atoms with Crippen LogP contribution in [0.5, 0.6) is 0 Å². The second-order valence-electron chi connectivity index (χ2n) is 6.71. The van der Waals surface area contributed by atoms with Gasteiger partial charge in [-0.2, -0.15) is 16.8 Å². The highest BCUT2D eigenvalue weighted by atomic mass is 32.2. The Kier molecular flexibility index (Phi) is 9.24. The standard InChI is InChI=1S/C13H14O3S.C10H8O3S.CH2O/c1-2-10-16-17(14,15)13-9-5-7-11-6-3-4-8-12(11)13;11-14(12,13)10-7-3-5-8-4-1-2-6-9(8)10;1-2/h3-9H,2,10H2,1H3;1-7H,(H,11,12,13);1H2. The lowest BCUT2D eigenvalue weighted by Gasteiger charge is -2.07. The van der Waals surface area contributed by atoms with Gasteiger partial charge in [-0.05, 0) is 29.3 Å². The summed E-state index contributed by atoms with van der Waals surface area (Å²) in [6.07, 6.45) is 0.671. The van der Waals surface area contributed by atoms with Crippen LogP contribution in [0.15, 0.2) is 94.7 Å². The highest BCUT2D eigenvalue weighted by molar-refractivity contribution is 7.87. The van der Waals surface area contributed by atoms with Gasteiger partial charge in [0.25, 0.3) is 20.2 Å². The average Bonchev–Trinajstić information content (AvgIpc) is 2.83. The molecule has 0 aromatic heterocycles. The summed E-state index contributed by atoms with van der Waals surface area (Å²) in [4.78, 5) is 8.19. The summed E-state index contributed by atoms with van der Waals surface area (Å²) in [5, 5.41) is 2.93. The molecule has 9 heteroatoms. The number of hydrogen-bond acceptors (Lipinski definition) is 6. The Morgan fingerprint density at radius 3 is 1.61 bits per heavy atom. The predicted octanol–water partition coefficient (Wildman–Crippen LogP) is 4.86. The van der Waals surface area contributed by atoms with E-state index in [-0.39, 0.29) is 16.4 Å². The summed E-state index contributed by atoms with van der Waals surface area (Å²) in [6, 6.07) is 24.4. The Morgan fingerprint density at radius 1 is 0.697 bits per heavy atom. The molecular formula is C24H24O7S2. The van der Waals surface area contributed by atoms with Crippen molar-refractivity contribution in [3.05, 3.63) is 84.9 Å². The first kappa shape index (κ1) is 26.1. The molecule has 7 nitrogen and oxygen atoms in total. The fourth-order valence-corrected chi connectivity index (χ4v) is 5.02. The van der Waals surface area contributed by atoms with Gasteiger partial charge in [0.1, 0.15) is 16.6 Å². The molecule has 0 fully saturated rings. The number of fused-ring (bicyclic) bond motifs is 2. The van der Waals surface area contributed by atoms with Crippen molar-refractivity contribution < 1.29 is 30.4 Å². The average molecular weight is 489 g/mol. The molecule has 0 aliphatic rings. The van der Waals surface area contributed by atoms with E-state index in [0.717, 1.165) is 10.8 Å². The second-order valence-corrected chi connectivity index (χ2v) is 9.68. The third-order valence-electron chi connectivity index (χ3n) is 4.49. The number of hydrogen-bond donors (Lipinski definition) is 1. The molecule has 0 bridgehead atoms. The van der Waals surface area contributed by atoms with Crippen LogP contribution in [0, 0.1) is 0 Å². The third kappa shape index (κ3) is 6.69. The van der Waals surface area contributed by atoms with E-state index in [1.807, 2.05) is 44.0 Å². The zero-order valence-corrected chi connectivity index (χ0v) is 19.6. The van der Waals surface area contributed by atoms with Gasteiger partial charge in [-0.1, -0.05) is 79.7 Å². The molecule has 4 rings (SSSR count). The van der Waals surface area contributed by atoms with E-state index in [1.165, 1.54) is 6.07 Å². The molecule has 33 heavy (non-hydrogen) atoms. The molecule has 0 aliphatic carbocycles. The summed E-state index contributed by atoms with van der Waals surface area (Å²) in [5.41, 5.74) is 0. The van der Waals surface area contributed by atoms with Crippen molar-refractivity contribution in [2.24, 2.45) is 0 Å². The Balaban J connectivity index is 0.000000221. The lowest BCUT2D eigenvalue weighted by atomic mass is 10.1. The summed E-state index contributed by atoms with van der Waals surface area (Å²) in [5.74, 6) is 0. The van der Waals surface area contributed by atoms with E-state index in [4.69, 9.17) is 13.5 Å². The fraction of sp³-hybridized carbons (Fsp3) is 0.125. The maximum absolute atomic E-state index is 12.0. The molecule has 0 aliphatic heterocycles. The van der Waals surface area contributed by atoms with E-state index in [1.54, 1.807) is 48.5 Å². The van der Waals surface area contributed by atoms with Crippen LogP contribution < -0.4 is 0 Å². The van der Waals surface area contributed by atoms with Gasteiger partial charge < -0.3 is 4.79 Å². The fourth-order valence-electron chi connectivity index (χ4n) is 3.09. The summed E-state index contributed by atoms with van der Waals surface area (Å²) in [6.45, 7) is 4.09. The van der Waals surface area contributed by atoms with Gasteiger partial charge in [-0.3, -0.25) is 8.74 Å². The molecule has 0 unspecified atom stereocenters. The summed E-state index contributed by atoms with van der Waals surface area (Å²) < 4.78 is 59.9. The number of rotatable bonds is 5. The smallest absolute Gasteiger partial charge is 0.297 e. The molecule has 0 radical (unpaired) electrons. The van der Waals surface area contributed by atoms with Crippen molar-refractivity contribution in [2.45, 2.75) is 23.1 Å². The predicted molar refractivity (Wildman–Crippen MR) is 128 cm³/mol. The van der Waals surface area contributed by atoms with Crippen LogP contribution >= 0.6 is 0 Å². The molecular weight excluding hydrogens is 464 g/mol. The van der Waals surface area contributed by atoms with E-state index >= 15 is 0 Å². The van der Waals surface area contributed by atoms with Crippen molar-refractivity contribution in [1.29, 1.82) is 0 Å². The van der Waals surface area contributed by atoms with Gasteiger partial charge in [0.05, 0.1) is 6.61 Å². The van der Waals surface area contributed by atoms with Crippen molar-refractivity contribution in [3.63, 3.8) is 0 Å². The van der Waals surface area contributed by atoms with Crippen molar-refractivity contribution >= 4 is 48.6 Å². The normalized spacial score (nSPS) is 11.2. The Labute approximate surface area is 193 Å². The van der Waals surface area contributed by atoms with Gasteiger partial charge in [0, 0.05) is 10.8 Å². The van der Waals surface area contributed by atoms with Crippen LogP contribution in [0.1, 0.15) is 13.3 Å². The topological polar surface area (TPSA) is 115 Å². The zero-order chi connectivity index (χ0) is 24.5. The van der Waals surface area contributed by atoms with Gasteiger partial charge in [0.15, 0.2) is 0 Å². The molecule has 0 atom stereocenters. The SMILES string of the molecule is C=O.CCCOS(=O)(=O)c1cccc2ccccc12.O=S(=O)(O)c1cccc2ccccc12. The second kappa shape index (κ2) is 11.7. The minimum absolute atomic E-state index is 0.0457. The van der Waals surface area contributed by atoms with Gasteiger partial charge in [-0.25, -0.2) is 0 Å². The van der Waals surface area contributed by atoms with Crippen molar-refractivity contribution in [3.8, 4) is 0 Å². The maximum Gasteiger partial charge on any atom is 0.297 e. The Hall–Kier alpha value is -3.11. The minimum Gasteiger partial charge on any atom is -0.307 e. The highest BCUT2D eigenvalue weighted by Gasteiger charge is 2.17. The van der Waals surface area contributed by atoms with Crippen LogP contribution in [-0.4, -0.2) is 34.8 Å². The monoisotopic (exact) mass is 488 g/mol. The van der Waals surface area contributed by atoms with E-state index in [2.05, 4.69) is 0 Å². The van der Waals surface area contributed by atoms with Crippen LogP contribution in [0.2, 0.25) is 0 Å². The summed E-state index contributed by atoms with van der Waals surface area (Å²) in [7, 11) is -7.78. The quantitative estimate of drug-likeness (QED) is 0.315. The van der Waals surface area contributed by atoms with E-state index in [0.29, 0.717) is 17.2 Å². The first-order valence-corrected chi connectivity index (χ1v) is 12.7. The summed E-state index contributed by atoms with van der Waals surface area (Å²) >= 11 is 0. The van der Waals surface area contributed by atoms with E-state index in [9.17, 15) is 16.8 Å². The molecule has 1 N–H and O–H groups in total. The zero-order valence-electron chi connectivity index (χ0n) is 17.9. The maximum atomic E-state index is 12.0. The van der Waals surface area contributed by atoms with Crippen LogP contribution in [0.4, 0.5) is 0 Å². The number of carbonyl (C=O) groups excluding carboxylic acids is 1. The van der Waals surface area contributed by atoms with Gasteiger partial charge >= 0.3 is 0 Å². The first-order chi connectivity index (χ1) is 15.7. The van der Waals surface area contributed by atoms with Gasteiger partial charge in [-0.15, -0.1) is 0 Å². The molecule has 0 spiro atoms. The van der Waals surface area contributed by atoms with Crippen molar-refractivity contribution in [2.75, 3.05) is 6.61 Å². The number of carbonyl (C=O) groups is 1. The van der Waals surface area contributed by atoms with Crippen LogP contribution in [0.3, 0.4) is 0 Å². The lowest BCUT2D eigenvalue weighted by Crippen LogP contribution is -2.07. The molecule has 0 saturated carbocycles. The molecule has 0 saturated heterocycles. The molecule has 4 aromatic carbocycles. The largest absolute Gasteiger partial charge is 0.307 e. The van der Waals surface area contributed by atoms with Crippen LogP contribution in [-0.2, 0) is 29.2 Å². The van der Waals surface area contributed by atoms with Crippen molar-refractivity contribution in [1.82, 2.24) is 0 Å². The molecule has 4 aromatic rings. The van der Waals surface area contributed by atoms with Crippen LogP contribution in [0.25, 0.3) is 21.5 Å². The first-order valence-electron chi connectivity index (χ1n) is 9.85. The molecule has 0 heterocycles. The number of benzene rings is 4. The third-order valence-corrected chi connectivity index (χ3v) is 6.77.